The molecule has 1 fully saturated rings. The van der Waals surface area contributed by atoms with Crippen LogP contribution in [0.25, 0.3) is 0 Å². The van der Waals surface area contributed by atoms with Gasteiger partial charge in [0.2, 0.25) is 0 Å². The highest BCUT2D eigenvalue weighted by Crippen LogP contribution is 2.25. The third-order valence-corrected chi connectivity index (χ3v) is 2.65. The van der Waals surface area contributed by atoms with E-state index in [4.69, 9.17) is 5.11 Å². The summed E-state index contributed by atoms with van der Waals surface area (Å²) in [6.07, 6.45) is 1.01. The Morgan fingerprint density at radius 3 is 2.64 bits per heavy atom. The highest BCUT2D eigenvalue weighted by molar-refractivity contribution is 5.27. The van der Waals surface area contributed by atoms with Crippen LogP contribution in [0, 0.1) is 0 Å². The van der Waals surface area contributed by atoms with Gasteiger partial charge in [-0.3, -0.25) is 0 Å². The molecular formula is C11H14FNO. The molecule has 1 heterocycles. The molecule has 14 heavy (non-hydrogen) atoms. The lowest BCUT2D eigenvalue weighted by atomic mass is 9.95. The Kier molecular flexibility index (Phi) is 2.42. The summed E-state index contributed by atoms with van der Waals surface area (Å²) in [6.45, 7) is 1.20. The summed E-state index contributed by atoms with van der Waals surface area (Å²) in [6, 6.07) is 6.74. The van der Waals surface area contributed by atoms with Crippen LogP contribution in [-0.2, 0) is 6.42 Å². The zero-order valence-corrected chi connectivity index (χ0v) is 7.96. The summed E-state index contributed by atoms with van der Waals surface area (Å²) < 4.78 is 14.0. The first-order valence-corrected chi connectivity index (χ1v) is 4.86. The van der Waals surface area contributed by atoms with E-state index < -0.39 is 5.67 Å². The molecule has 1 aliphatic heterocycles. The number of phenolic OH excluding ortho intramolecular Hbond substituents is 1. The lowest BCUT2D eigenvalue weighted by Crippen LogP contribution is -2.28. The van der Waals surface area contributed by atoms with Crippen LogP contribution in [0.4, 0.5) is 4.39 Å². The second-order valence-corrected chi connectivity index (χ2v) is 3.92. The number of alkyl halides is 1. The molecule has 0 saturated carbocycles. The quantitative estimate of drug-likeness (QED) is 0.751. The van der Waals surface area contributed by atoms with E-state index in [1.165, 1.54) is 0 Å². The summed E-state index contributed by atoms with van der Waals surface area (Å²) in [7, 11) is 0. The molecule has 76 valence electrons. The van der Waals surface area contributed by atoms with Gasteiger partial charge in [0, 0.05) is 13.0 Å². The van der Waals surface area contributed by atoms with E-state index in [1.54, 1.807) is 24.3 Å². The Bertz CT molecular complexity index is 304. The van der Waals surface area contributed by atoms with Gasteiger partial charge < -0.3 is 10.4 Å². The molecule has 1 aromatic carbocycles. The minimum Gasteiger partial charge on any atom is -0.508 e. The smallest absolute Gasteiger partial charge is 0.128 e. The van der Waals surface area contributed by atoms with Crippen molar-refractivity contribution in [1.82, 2.24) is 5.32 Å². The van der Waals surface area contributed by atoms with Crippen molar-refractivity contribution in [3.63, 3.8) is 0 Å². The van der Waals surface area contributed by atoms with Crippen LogP contribution in [0.5, 0.6) is 5.75 Å². The fourth-order valence-electron chi connectivity index (χ4n) is 1.84. The van der Waals surface area contributed by atoms with E-state index in [-0.39, 0.29) is 5.75 Å². The molecule has 0 radical (unpaired) electrons. The monoisotopic (exact) mass is 195 g/mol. The number of phenols is 1. The van der Waals surface area contributed by atoms with E-state index in [0.29, 0.717) is 19.4 Å². The van der Waals surface area contributed by atoms with Gasteiger partial charge in [0.05, 0.1) is 0 Å². The SMILES string of the molecule is Oc1ccc(CC2(F)CCNC2)cc1. The summed E-state index contributed by atoms with van der Waals surface area (Å²) in [5.74, 6) is 0.228. The second-order valence-electron chi connectivity index (χ2n) is 3.92. The van der Waals surface area contributed by atoms with Gasteiger partial charge in [0.1, 0.15) is 11.4 Å². The van der Waals surface area contributed by atoms with Crippen molar-refractivity contribution in [2.75, 3.05) is 13.1 Å². The van der Waals surface area contributed by atoms with E-state index >= 15 is 0 Å². The Labute approximate surface area is 82.8 Å². The summed E-state index contributed by atoms with van der Waals surface area (Å²) in [5, 5.41) is 12.1. The standard InChI is InChI=1S/C11H14FNO/c12-11(5-6-13-8-11)7-9-1-3-10(14)4-2-9/h1-4,13-14H,5-8H2. The second kappa shape index (κ2) is 3.58. The maximum Gasteiger partial charge on any atom is 0.128 e. The zero-order valence-electron chi connectivity index (χ0n) is 7.96. The number of aromatic hydroxyl groups is 1. The Balaban J connectivity index is 2.06. The number of rotatable bonds is 2. The van der Waals surface area contributed by atoms with E-state index in [1.807, 2.05) is 0 Å². The molecular weight excluding hydrogens is 181 g/mol. The normalized spacial score (nSPS) is 26.6. The van der Waals surface area contributed by atoms with Crippen LogP contribution in [0.2, 0.25) is 0 Å². The van der Waals surface area contributed by atoms with Crippen molar-refractivity contribution in [2.45, 2.75) is 18.5 Å². The lowest BCUT2D eigenvalue weighted by molar-refractivity contribution is 0.190. The third-order valence-electron chi connectivity index (χ3n) is 2.65. The summed E-state index contributed by atoms with van der Waals surface area (Å²) >= 11 is 0. The number of benzene rings is 1. The van der Waals surface area contributed by atoms with Gasteiger partial charge in [-0.05, 0) is 30.7 Å². The van der Waals surface area contributed by atoms with Gasteiger partial charge in [-0.1, -0.05) is 12.1 Å². The zero-order chi connectivity index (χ0) is 10.0. The topological polar surface area (TPSA) is 32.3 Å². The van der Waals surface area contributed by atoms with Gasteiger partial charge in [-0.2, -0.15) is 0 Å². The molecule has 1 aromatic rings. The summed E-state index contributed by atoms with van der Waals surface area (Å²) in [5.41, 5.74) is -0.161. The lowest BCUT2D eigenvalue weighted by Gasteiger charge is -2.17. The van der Waals surface area contributed by atoms with Gasteiger partial charge in [0.15, 0.2) is 0 Å². The Morgan fingerprint density at radius 2 is 2.07 bits per heavy atom. The molecule has 1 atom stereocenters. The van der Waals surface area contributed by atoms with Crippen LogP contribution < -0.4 is 5.32 Å². The molecule has 0 amide bonds. The first-order valence-electron chi connectivity index (χ1n) is 4.86. The van der Waals surface area contributed by atoms with Crippen LogP contribution in [0.15, 0.2) is 24.3 Å². The molecule has 2 rings (SSSR count). The molecule has 0 aromatic heterocycles. The molecule has 1 saturated heterocycles. The van der Waals surface area contributed by atoms with Gasteiger partial charge in [-0.15, -0.1) is 0 Å². The molecule has 0 aliphatic carbocycles. The van der Waals surface area contributed by atoms with Gasteiger partial charge >= 0.3 is 0 Å². The number of hydrogen-bond acceptors (Lipinski definition) is 2. The molecule has 1 aliphatic rings. The highest BCUT2D eigenvalue weighted by Gasteiger charge is 2.33. The van der Waals surface area contributed by atoms with Crippen molar-refractivity contribution in [1.29, 1.82) is 0 Å². The molecule has 3 heteroatoms. The average Bonchev–Trinajstić information content (AvgIpc) is 2.57. The number of nitrogens with one attached hydrogen (secondary N) is 1. The number of halogens is 1. The van der Waals surface area contributed by atoms with E-state index in [9.17, 15) is 4.39 Å². The predicted molar refractivity (Wildman–Crippen MR) is 53.1 cm³/mol. The van der Waals surface area contributed by atoms with Crippen molar-refractivity contribution in [2.24, 2.45) is 0 Å². The Morgan fingerprint density at radius 1 is 1.36 bits per heavy atom. The minimum atomic E-state index is -1.10. The van der Waals surface area contributed by atoms with E-state index in [0.717, 1.165) is 12.1 Å². The molecule has 2 N–H and O–H groups in total. The number of hydrogen-bond donors (Lipinski definition) is 2. The average molecular weight is 195 g/mol. The Hall–Kier alpha value is -1.09. The van der Waals surface area contributed by atoms with Crippen molar-refractivity contribution in [3.05, 3.63) is 29.8 Å². The maximum absolute atomic E-state index is 14.0. The van der Waals surface area contributed by atoms with Crippen molar-refractivity contribution < 1.29 is 9.50 Å². The van der Waals surface area contributed by atoms with Crippen LogP contribution in [0.3, 0.4) is 0 Å². The molecule has 0 spiro atoms. The highest BCUT2D eigenvalue weighted by atomic mass is 19.1. The third kappa shape index (κ3) is 2.04. The fraction of sp³-hybridized carbons (Fsp3) is 0.455. The molecule has 1 unspecified atom stereocenters. The van der Waals surface area contributed by atoms with Crippen LogP contribution >= 0.6 is 0 Å². The van der Waals surface area contributed by atoms with Crippen LogP contribution in [-0.4, -0.2) is 23.9 Å². The van der Waals surface area contributed by atoms with Gasteiger partial charge in [-0.25, -0.2) is 4.39 Å². The molecule has 2 nitrogen and oxygen atoms in total. The maximum atomic E-state index is 14.0. The van der Waals surface area contributed by atoms with Crippen molar-refractivity contribution in [3.8, 4) is 5.75 Å². The summed E-state index contributed by atoms with van der Waals surface area (Å²) in [4.78, 5) is 0. The fourth-order valence-corrected chi connectivity index (χ4v) is 1.84. The van der Waals surface area contributed by atoms with Crippen LogP contribution in [0.1, 0.15) is 12.0 Å². The molecule has 0 bridgehead atoms. The van der Waals surface area contributed by atoms with Gasteiger partial charge in [0.25, 0.3) is 0 Å². The minimum absolute atomic E-state index is 0.228. The predicted octanol–water partition coefficient (Wildman–Crippen LogP) is 1.64. The first-order chi connectivity index (χ1) is 6.68. The largest absolute Gasteiger partial charge is 0.508 e. The van der Waals surface area contributed by atoms with E-state index in [2.05, 4.69) is 5.32 Å². The first kappa shape index (κ1) is 9.46. The van der Waals surface area contributed by atoms with Crippen molar-refractivity contribution >= 4 is 0 Å².